The van der Waals surface area contributed by atoms with Crippen molar-refractivity contribution in [2.75, 3.05) is 0 Å². The number of ketones is 1. The zero-order valence-electron chi connectivity index (χ0n) is 12.9. The third kappa shape index (κ3) is 5.15. The second-order valence-corrected chi connectivity index (χ2v) is 6.79. The van der Waals surface area contributed by atoms with E-state index < -0.39 is 0 Å². The SMILES string of the molecule is CC(C)c1ccc(CC(=O)CC(N)C(C)(C)C)cc1. The number of Topliss-reactive ketones (excluding diaryl/α,β-unsaturated/α-hetero) is 1. The summed E-state index contributed by atoms with van der Waals surface area (Å²) in [4.78, 5) is 12.0. The largest absolute Gasteiger partial charge is 0.327 e. The second kappa shape index (κ2) is 6.33. The van der Waals surface area contributed by atoms with Crippen LogP contribution in [0, 0.1) is 5.41 Å². The van der Waals surface area contributed by atoms with Crippen molar-refractivity contribution in [2.24, 2.45) is 11.1 Å². The fourth-order valence-electron chi connectivity index (χ4n) is 1.87. The fourth-order valence-corrected chi connectivity index (χ4v) is 1.87. The van der Waals surface area contributed by atoms with Crippen LogP contribution in [0.2, 0.25) is 0 Å². The average Bonchev–Trinajstić information content (AvgIpc) is 2.28. The molecule has 0 aromatic heterocycles. The molecule has 1 aromatic rings. The van der Waals surface area contributed by atoms with Crippen LogP contribution in [0.25, 0.3) is 0 Å². The fraction of sp³-hybridized carbons (Fsp3) is 0.588. The third-order valence-corrected chi connectivity index (χ3v) is 3.61. The van der Waals surface area contributed by atoms with Gasteiger partial charge in [-0.15, -0.1) is 0 Å². The average molecular weight is 261 g/mol. The van der Waals surface area contributed by atoms with Gasteiger partial charge >= 0.3 is 0 Å². The normalized spacial score (nSPS) is 13.6. The smallest absolute Gasteiger partial charge is 0.138 e. The van der Waals surface area contributed by atoms with Gasteiger partial charge in [0.05, 0.1) is 0 Å². The van der Waals surface area contributed by atoms with Crippen LogP contribution in [-0.2, 0) is 11.2 Å². The van der Waals surface area contributed by atoms with E-state index in [1.807, 2.05) is 0 Å². The molecule has 19 heavy (non-hydrogen) atoms. The topological polar surface area (TPSA) is 43.1 Å². The molecule has 0 radical (unpaired) electrons. The van der Waals surface area contributed by atoms with E-state index in [0.29, 0.717) is 18.8 Å². The Morgan fingerprint density at radius 3 is 2.11 bits per heavy atom. The second-order valence-electron chi connectivity index (χ2n) is 6.79. The molecule has 0 spiro atoms. The summed E-state index contributed by atoms with van der Waals surface area (Å²) in [5.41, 5.74) is 8.42. The molecule has 0 amide bonds. The molecule has 1 atom stereocenters. The standard InChI is InChI=1S/C17H27NO/c1-12(2)14-8-6-13(7-9-14)10-15(19)11-16(18)17(3,4)5/h6-9,12,16H,10-11,18H2,1-5H3. The summed E-state index contributed by atoms with van der Waals surface area (Å²) in [5.74, 6) is 0.749. The molecule has 0 aliphatic heterocycles. The van der Waals surface area contributed by atoms with Gasteiger partial charge in [-0.1, -0.05) is 58.9 Å². The maximum absolute atomic E-state index is 12.0. The first-order valence-electron chi connectivity index (χ1n) is 7.06. The maximum atomic E-state index is 12.0. The summed E-state index contributed by atoms with van der Waals surface area (Å²) >= 11 is 0. The van der Waals surface area contributed by atoms with Crippen molar-refractivity contribution >= 4 is 5.78 Å². The number of rotatable bonds is 5. The molecule has 1 aromatic carbocycles. The van der Waals surface area contributed by atoms with Gasteiger partial charge in [0.15, 0.2) is 0 Å². The summed E-state index contributed by atoms with van der Waals surface area (Å²) in [7, 11) is 0. The lowest BCUT2D eigenvalue weighted by molar-refractivity contribution is -0.119. The van der Waals surface area contributed by atoms with Gasteiger partial charge in [0, 0.05) is 18.9 Å². The maximum Gasteiger partial charge on any atom is 0.138 e. The lowest BCUT2D eigenvalue weighted by atomic mass is 9.84. The molecule has 2 N–H and O–H groups in total. The number of hydrogen-bond donors (Lipinski definition) is 1. The summed E-state index contributed by atoms with van der Waals surface area (Å²) in [6, 6.07) is 8.24. The Labute approximate surface area is 117 Å². The van der Waals surface area contributed by atoms with Crippen molar-refractivity contribution in [2.45, 2.75) is 59.4 Å². The van der Waals surface area contributed by atoms with E-state index in [1.165, 1.54) is 5.56 Å². The predicted molar refractivity (Wildman–Crippen MR) is 81.3 cm³/mol. The van der Waals surface area contributed by atoms with Crippen molar-refractivity contribution in [3.05, 3.63) is 35.4 Å². The minimum absolute atomic E-state index is 0.0167. The number of hydrogen-bond acceptors (Lipinski definition) is 2. The van der Waals surface area contributed by atoms with Gasteiger partial charge in [0.25, 0.3) is 0 Å². The predicted octanol–water partition coefficient (Wildman–Crippen LogP) is 3.69. The molecule has 0 heterocycles. The third-order valence-electron chi connectivity index (χ3n) is 3.61. The molecule has 2 heteroatoms. The number of benzene rings is 1. The van der Waals surface area contributed by atoms with Crippen molar-refractivity contribution < 1.29 is 4.79 Å². The number of carbonyl (C=O) groups excluding carboxylic acids is 1. The van der Waals surface area contributed by atoms with Crippen molar-refractivity contribution in [3.63, 3.8) is 0 Å². The molecule has 106 valence electrons. The van der Waals surface area contributed by atoms with Crippen LogP contribution in [0.5, 0.6) is 0 Å². The van der Waals surface area contributed by atoms with Crippen LogP contribution in [0.15, 0.2) is 24.3 Å². The summed E-state index contributed by atoms with van der Waals surface area (Å²) < 4.78 is 0. The highest BCUT2D eigenvalue weighted by Gasteiger charge is 2.22. The van der Waals surface area contributed by atoms with Crippen LogP contribution in [0.4, 0.5) is 0 Å². The Kier molecular flexibility index (Phi) is 5.30. The Hall–Kier alpha value is -1.15. The van der Waals surface area contributed by atoms with Gasteiger partial charge in [-0.2, -0.15) is 0 Å². The van der Waals surface area contributed by atoms with Crippen LogP contribution in [0.1, 0.15) is 58.1 Å². The highest BCUT2D eigenvalue weighted by atomic mass is 16.1. The van der Waals surface area contributed by atoms with Gasteiger partial charge < -0.3 is 5.73 Å². The minimum Gasteiger partial charge on any atom is -0.327 e. The van der Waals surface area contributed by atoms with Gasteiger partial charge in [-0.25, -0.2) is 0 Å². The highest BCUT2D eigenvalue weighted by Crippen LogP contribution is 2.21. The van der Waals surface area contributed by atoms with Crippen LogP contribution in [0.3, 0.4) is 0 Å². The van der Waals surface area contributed by atoms with Gasteiger partial charge in [0.1, 0.15) is 5.78 Å². The Morgan fingerprint density at radius 1 is 1.16 bits per heavy atom. The van der Waals surface area contributed by atoms with E-state index in [4.69, 9.17) is 5.73 Å². The Morgan fingerprint density at radius 2 is 1.68 bits per heavy atom. The molecule has 2 nitrogen and oxygen atoms in total. The summed E-state index contributed by atoms with van der Waals surface area (Å²) in [5, 5.41) is 0. The van der Waals surface area contributed by atoms with Crippen LogP contribution >= 0.6 is 0 Å². The Balaban J connectivity index is 2.58. The number of nitrogens with two attached hydrogens (primary N) is 1. The highest BCUT2D eigenvalue weighted by molar-refractivity contribution is 5.81. The van der Waals surface area contributed by atoms with E-state index >= 15 is 0 Å². The zero-order valence-corrected chi connectivity index (χ0v) is 12.9. The molecule has 1 unspecified atom stereocenters. The van der Waals surface area contributed by atoms with E-state index in [-0.39, 0.29) is 17.2 Å². The van der Waals surface area contributed by atoms with Crippen LogP contribution in [-0.4, -0.2) is 11.8 Å². The Bertz CT molecular complexity index is 412. The summed E-state index contributed by atoms with van der Waals surface area (Å²) in [6.45, 7) is 10.6. The molecular weight excluding hydrogens is 234 g/mol. The molecule has 0 saturated carbocycles. The molecular formula is C17H27NO. The number of carbonyl (C=O) groups is 1. The molecule has 0 bridgehead atoms. The van der Waals surface area contributed by atoms with Crippen molar-refractivity contribution in [3.8, 4) is 0 Å². The van der Waals surface area contributed by atoms with Crippen molar-refractivity contribution in [1.82, 2.24) is 0 Å². The van der Waals surface area contributed by atoms with Gasteiger partial charge in [0.2, 0.25) is 0 Å². The summed E-state index contributed by atoms with van der Waals surface area (Å²) in [6.07, 6.45) is 0.942. The van der Waals surface area contributed by atoms with Crippen molar-refractivity contribution in [1.29, 1.82) is 0 Å². The molecule has 1 rings (SSSR count). The van der Waals surface area contributed by atoms with Crippen LogP contribution < -0.4 is 5.73 Å². The first kappa shape index (κ1) is 15.9. The van der Waals surface area contributed by atoms with E-state index in [0.717, 1.165) is 5.56 Å². The lowest BCUT2D eigenvalue weighted by Crippen LogP contribution is -2.37. The minimum atomic E-state index is -0.0741. The monoisotopic (exact) mass is 261 g/mol. The molecule has 0 aliphatic carbocycles. The van der Waals surface area contributed by atoms with Gasteiger partial charge in [-0.3, -0.25) is 4.79 Å². The molecule has 0 aliphatic rings. The lowest BCUT2D eigenvalue weighted by Gasteiger charge is -2.26. The molecule has 0 fully saturated rings. The first-order valence-corrected chi connectivity index (χ1v) is 7.06. The molecule has 0 saturated heterocycles. The van der Waals surface area contributed by atoms with E-state index in [9.17, 15) is 4.79 Å². The van der Waals surface area contributed by atoms with E-state index in [1.54, 1.807) is 0 Å². The quantitative estimate of drug-likeness (QED) is 0.878. The van der Waals surface area contributed by atoms with Gasteiger partial charge in [-0.05, 0) is 22.5 Å². The van der Waals surface area contributed by atoms with E-state index in [2.05, 4.69) is 58.9 Å². The zero-order chi connectivity index (χ0) is 14.6. The first-order chi connectivity index (χ1) is 8.70.